The average molecular weight is 248 g/mol. The summed E-state index contributed by atoms with van der Waals surface area (Å²) in [6, 6.07) is 0. The summed E-state index contributed by atoms with van der Waals surface area (Å²) in [6.45, 7) is 2.42. The van der Waals surface area contributed by atoms with E-state index in [-0.39, 0.29) is 0 Å². The number of carbonyl (C=O) groups is 1. The Morgan fingerprint density at radius 2 is 1.39 bits per heavy atom. The molecular formula is C17H28O. The first kappa shape index (κ1) is 12.7. The lowest BCUT2D eigenvalue weighted by Gasteiger charge is -2.43. The van der Waals surface area contributed by atoms with E-state index in [1.807, 2.05) is 0 Å². The van der Waals surface area contributed by atoms with E-state index in [4.69, 9.17) is 0 Å². The lowest BCUT2D eigenvalue weighted by atomic mass is 9.62. The fraction of sp³-hybridized carbons (Fsp3) is 0.941. The van der Waals surface area contributed by atoms with Crippen molar-refractivity contribution in [1.29, 1.82) is 0 Å². The van der Waals surface area contributed by atoms with Crippen LogP contribution in [0.3, 0.4) is 0 Å². The molecular weight excluding hydrogens is 220 g/mol. The van der Waals surface area contributed by atoms with Crippen LogP contribution in [0.1, 0.15) is 71.1 Å². The van der Waals surface area contributed by atoms with E-state index in [9.17, 15) is 4.79 Å². The number of ketones is 1. The predicted octanol–water partition coefficient (Wildman–Crippen LogP) is 4.60. The average Bonchev–Trinajstić information content (AvgIpc) is 2.39. The highest BCUT2D eigenvalue weighted by Crippen LogP contribution is 2.47. The Labute approximate surface area is 112 Å². The van der Waals surface area contributed by atoms with Crippen molar-refractivity contribution in [3.63, 3.8) is 0 Å². The largest absolute Gasteiger partial charge is 0.300 e. The minimum atomic E-state index is 0.543. The summed E-state index contributed by atoms with van der Waals surface area (Å²) in [5, 5.41) is 0. The third-order valence-corrected chi connectivity index (χ3v) is 6.19. The zero-order valence-corrected chi connectivity index (χ0v) is 11.9. The van der Waals surface area contributed by atoms with Crippen LogP contribution in [0.5, 0.6) is 0 Å². The first-order valence-electron chi connectivity index (χ1n) is 8.24. The van der Waals surface area contributed by atoms with Gasteiger partial charge in [0.2, 0.25) is 0 Å². The van der Waals surface area contributed by atoms with E-state index in [1.54, 1.807) is 0 Å². The molecule has 0 saturated heterocycles. The molecule has 102 valence electrons. The summed E-state index contributed by atoms with van der Waals surface area (Å²) in [5.74, 6) is 5.23. The molecule has 3 unspecified atom stereocenters. The van der Waals surface area contributed by atoms with E-state index in [0.717, 1.165) is 42.4 Å². The molecule has 3 saturated carbocycles. The topological polar surface area (TPSA) is 17.1 Å². The van der Waals surface area contributed by atoms with E-state index in [0.29, 0.717) is 5.78 Å². The maximum atomic E-state index is 11.5. The van der Waals surface area contributed by atoms with Gasteiger partial charge in [0.25, 0.3) is 0 Å². The highest BCUT2D eigenvalue weighted by Gasteiger charge is 2.37. The zero-order chi connectivity index (χ0) is 12.5. The zero-order valence-electron chi connectivity index (χ0n) is 11.9. The van der Waals surface area contributed by atoms with Gasteiger partial charge in [-0.15, -0.1) is 0 Å². The molecule has 3 aliphatic carbocycles. The van der Waals surface area contributed by atoms with Gasteiger partial charge in [-0.1, -0.05) is 19.8 Å². The van der Waals surface area contributed by atoms with Crippen molar-refractivity contribution in [2.45, 2.75) is 71.1 Å². The summed E-state index contributed by atoms with van der Waals surface area (Å²) in [7, 11) is 0. The molecule has 0 aromatic heterocycles. The molecule has 18 heavy (non-hydrogen) atoms. The summed E-state index contributed by atoms with van der Waals surface area (Å²) < 4.78 is 0. The Hall–Kier alpha value is -0.330. The minimum Gasteiger partial charge on any atom is -0.300 e. The molecule has 1 heteroatoms. The van der Waals surface area contributed by atoms with Gasteiger partial charge in [0, 0.05) is 12.8 Å². The van der Waals surface area contributed by atoms with E-state index < -0.39 is 0 Å². The van der Waals surface area contributed by atoms with Crippen LogP contribution >= 0.6 is 0 Å². The Bertz CT molecular complexity index is 301. The van der Waals surface area contributed by atoms with E-state index >= 15 is 0 Å². The van der Waals surface area contributed by atoms with Gasteiger partial charge < -0.3 is 0 Å². The fourth-order valence-electron chi connectivity index (χ4n) is 4.91. The monoisotopic (exact) mass is 248 g/mol. The Morgan fingerprint density at radius 3 is 2.17 bits per heavy atom. The molecule has 0 aromatic carbocycles. The van der Waals surface area contributed by atoms with Crippen LogP contribution in [0.2, 0.25) is 0 Å². The van der Waals surface area contributed by atoms with Crippen molar-refractivity contribution in [3.05, 3.63) is 0 Å². The minimum absolute atomic E-state index is 0.543. The molecule has 3 atom stereocenters. The maximum absolute atomic E-state index is 11.5. The lowest BCUT2D eigenvalue weighted by molar-refractivity contribution is -0.123. The summed E-state index contributed by atoms with van der Waals surface area (Å²) in [4.78, 5) is 11.5. The van der Waals surface area contributed by atoms with Gasteiger partial charge in [0.05, 0.1) is 0 Å². The predicted molar refractivity (Wildman–Crippen MR) is 74.3 cm³/mol. The number of Topliss-reactive ketones (excluding diaryl/α,β-unsaturated/α-hetero) is 1. The second-order valence-electron chi connectivity index (χ2n) is 7.39. The summed E-state index contributed by atoms with van der Waals surface area (Å²) >= 11 is 0. The Balaban J connectivity index is 1.55. The maximum Gasteiger partial charge on any atom is 0.133 e. The summed E-state index contributed by atoms with van der Waals surface area (Å²) in [5.41, 5.74) is 0. The quantitative estimate of drug-likeness (QED) is 0.663. The van der Waals surface area contributed by atoms with Crippen molar-refractivity contribution in [2.24, 2.45) is 29.6 Å². The van der Waals surface area contributed by atoms with Crippen LogP contribution in [-0.2, 0) is 4.79 Å². The van der Waals surface area contributed by atoms with Gasteiger partial charge in [-0.25, -0.2) is 0 Å². The highest BCUT2D eigenvalue weighted by molar-refractivity contribution is 5.79. The van der Waals surface area contributed by atoms with Crippen molar-refractivity contribution in [3.8, 4) is 0 Å². The molecule has 0 radical (unpaired) electrons. The summed E-state index contributed by atoms with van der Waals surface area (Å²) in [6.07, 6.45) is 13.2. The van der Waals surface area contributed by atoms with Gasteiger partial charge in [-0.2, -0.15) is 0 Å². The van der Waals surface area contributed by atoms with Gasteiger partial charge in [0.1, 0.15) is 5.78 Å². The highest BCUT2D eigenvalue weighted by atomic mass is 16.1. The van der Waals surface area contributed by atoms with Crippen molar-refractivity contribution < 1.29 is 4.79 Å². The van der Waals surface area contributed by atoms with E-state index in [1.165, 1.54) is 51.4 Å². The third kappa shape index (κ3) is 2.65. The second kappa shape index (κ2) is 5.35. The number of rotatable bonds is 1. The van der Waals surface area contributed by atoms with Crippen LogP contribution in [0.25, 0.3) is 0 Å². The van der Waals surface area contributed by atoms with Gasteiger partial charge in [-0.05, 0) is 68.1 Å². The fourth-order valence-corrected chi connectivity index (χ4v) is 4.91. The molecule has 0 aromatic rings. The normalized spacial score (nSPS) is 45.6. The number of hydrogen-bond donors (Lipinski definition) is 0. The van der Waals surface area contributed by atoms with Crippen LogP contribution in [0, 0.1) is 29.6 Å². The molecule has 1 nitrogen and oxygen atoms in total. The van der Waals surface area contributed by atoms with Crippen molar-refractivity contribution in [1.82, 2.24) is 0 Å². The molecule has 0 N–H and O–H groups in total. The van der Waals surface area contributed by atoms with Crippen molar-refractivity contribution >= 4 is 5.78 Å². The number of hydrogen-bond acceptors (Lipinski definition) is 1. The SMILES string of the molecule is C[C@H]1CC[C@H](C2CCC3CC(=O)CCC3C2)CC1. The Kier molecular flexibility index (Phi) is 3.77. The molecule has 0 amide bonds. The molecule has 3 rings (SSSR count). The molecule has 0 spiro atoms. The van der Waals surface area contributed by atoms with Crippen molar-refractivity contribution in [2.75, 3.05) is 0 Å². The van der Waals surface area contributed by atoms with Gasteiger partial charge in [-0.3, -0.25) is 4.79 Å². The van der Waals surface area contributed by atoms with Gasteiger partial charge in [0.15, 0.2) is 0 Å². The number of fused-ring (bicyclic) bond motifs is 1. The van der Waals surface area contributed by atoms with Gasteiger partial charge >= 0.3 is 0 Å². The van der Waals surface area contributed by atoms with Crippen LogP contribution in [0.15, 0.2) is 0 Å². The molecule has 3 aliphatic rings. The first-order chi connectivity index (χ1) is 8.72. The second-order valence-corrected chi connectivity index (χ2v) is 7.39. The van der Waals surface area contributed by atoms with Crippen LogP contribution in [-0.4, -0.2) is 5.78 Å². The standard InChI is InChI=1S/C17H28O/c1-12-2-4-13(5-3-12)14-6-7-16-11-17(18)9-8-15(16)10-14/h12-16H,2-11H2,1H3/t12-,13-,14?,15?,16?. The third-order valence-electron chi connectivity index (χ3n) is 6.19. The molecule has 0 aliphatic heterocycles. The Morgan fingerprint density at radius 1 is 0.778 bits per heavy atom. The first-order valence-corrected chi connectivity index (χ1v) is 8.24. The van der Waals surface area contributed by atoms with Crippen LogP contribution in [0.4, 0.5) is 0 Å². The number of carbonyl (C=O) groups excluding carboxylic acids is 1. The van der Waals surface area contributed by atoms with E-state index in [2.05, 4.69) is 6.92 Å². The molecule has 3 fully saturated rings. The van der Waals surface area contributed by atoms with Crippen LogP contribution < -0.4 is 0 Å². The smallest absolute Gasteiger partial charge is 0.133 e. The molecule has 0 heterocycles. The lowest BCUT2D eigenvalue weighted by Crippen LogP contribution is -2.34. The molecule has 0 bridgehead atoms.